The summed E-state index contributed by atoms with van der Waals surface area (Å²) in [6, 6.07) is 1.84. The van der Waals surface area contributed by atoms with Gasteiger partial charge in [0.25, 0.3) is 5.91 Å². The maximum Gasteiger partial charge on any atom is 0.269 e. The van der Waals surface area contributed by atoms with Gasteiger partial charge in [-0.05, 0) is 12.5 Å². The van der Waals surface area contributed by atoms with Crippen LogP contribution >= 0.6 is 0 Å². The van der Waals surface area contributed by atoms with Gasteiger partial charge in [0, 0.05) is 14.1 Å². The van der Waals surface area contributed by atoms with Crippen molar-refractivity contribution >= 4 is 5.91 Å². The van der Waals surface area contributed by atoms with Crippen LogP contribution in [0.1, 0.15) is 29.5 Å². The molecule has 1 heterocycles. The monoisotopic (exact) mass is 181 g/mol. The van der Waals surface area contributed by atoms with Gasteiger partial charge in [-0.15, -0.1) is 0 Å². The molecular formula is C9H15N3O. The number of aromatic nitrogens is 2. The van der Waals surface area contributed by atoms with Crippen LogP contribution in [0.3, 0.4) is 0 Å². The molecule has 1 N–H and O–H groups in total. The van der Waals surface area contributed by atoms with Gasteiger partial charge in [-0.1, -0.05) is 13.3 Å². The molecule has 0 aliphatic heterocycles. The topological polar surface area (TPSA) is 46.9 Å². The lowest BCUT2D eigenvalue weighted by Gasteiger charge is -1.97. The van der Waals surface area contributed by atoms with E-state index in [0.717, 1.165) is 18.5 Å². The van der Waals surface area contributed by atoms with Crippen LogP contribution in [0.15, 0.2) is 6.07 Å². The zero-order valence-corrected chi connectivity index (χ0v) is 8.29. The number of rotatable bonds is 3. The summed E-state index contributed by atoms with van der Waals surface area (Å²) in [6.07, 6.45) is 1.97. The summed E-state index contributed by atoms with van der Waals surface area (Å²) in [5.74, 6) is -0.0858. The van der Waals surface area contributed by atoms with Gasteiger partial charge in [0.05, 0.1) is 5.69 Å². The maximum absolute atomic E-state index is 11.3. The summed E-state index contributed by atoms with van der Waals surface area (Å²) in [6.45, 7) is 2.09. The molecule has 0 aliphatic rings. The Balaban J connectivity index is 2.89. The van der Waals surface area contributed by atoms with Crippen LogP contribution in [0, 0.1) is 0 Å². The van der Waals surface area contributed by atoms with E-state index in [9.17, 15) is 4.79 Å². The Morgan fingerprint density at radius 1 is 1.69 bits per heavy atom. The molecule has 1 rings (SSSR count). The molecule has 0 spiro atoms. The SMILES string of the molecule is CCCc1cc(C(=O)NC)n(C)n1. The van der Waals surface area contributed by atoms with Gasteiger partial charge in [0.1, 0.15) is 5.69 Å². The smallest absolute Gasteiger partial charge is 0.269 e. The summed E-state index contributed by atoms with van der Waals surface area (Å²) in [7, 11) is 3.40. The van der Waals surface area contributed by atoms with Crippen LogP contribution in [0.25, 0.3) is 0 Å². The molecule has 1 aromatic heterocycles. The molecule has 0 saturated heterocycles. The van der Waals surface area contributed by atoms with Crippen molar-refractivity contribution in [2.45, 2.75) is 19.8 Å². The van der Waals surface area contributed by atoms with Crippen molar-refractivity contribution in [2.75, 3.05) is 7.05 Å². The molecule has 0 unspecified atom stereocenters. The molecule has 1 aromatic rings. The summed E-state index contributed by atoms with van der Waals surface area (Å²) in [5.41, 5.74) is 1.59. The van der Waals surface area contributed by atoms with Crippen LogP contribution in [-0.4, -0.2) is 22.7 Å². The highest BCUT2D eigenvalue weighted by molar-refractivity contribution is 5.92. The highest BCUT2D eigenvalue weighted by Gasteiger charge is 2.10. The van der Waals surface area contributed by atoms with Crippen molar-refractivity contribution in [1.29, 1.82) is 0 Å². The van der Waals surface area contributed by atoms with E-state index in [1.807, 2.05) is 6.07 Å². The molecule has 0 atom stereocenters. The minimum atomic E-state index is -0.0858. The van der Waals surface area contributed by atoms with Crippen LogP contribution < -0.4 is 5.32 Å². The predicted molar refractivity (Wildman–Crippen MR) is 50.6 cm³/mol. The average molecular weight is 181 g/mol. The summed E-state index contributed by atoms with van der Waals surface area (Å²) in [4.78, 5) is 11.3. The highest BCUT2D eigenvalue weighted by Crippen LogP contribution is 2.04. The molecule has 4 nitrogen and oxygen atoms in total. The number of hydrogen-bond donors (Lipinski definition) is 1. The molecule has 0 aliphatic carbocycles. The molecule has 1 amide bonds. The number of aryl methyl sites for hydroxylation is 2. The van der Waals surface area contributed by atoms with E-state index < -0.39 is 0 Å². The van der Waals surface area contributed by atoms with Gasteiger partial charge in [0.15, 0.2) is 0 Å². The number of carbonyl (C=O) groups is 1. The second-order valence-electron chi connectivity index (χ2n) is 2.97. The first-order valence-electron chi connectivity index (χ1n) is 4.44. The fourth-order valence-electron chi connectivity index (χ4n) is 1.25. The normalized spacial score (nSPS) is 10.1. The molecule has 4 heteroatoms. The molecule has 0 saturated carbocycles. The van der Waals surface area contributed by atoms with Gasteiger partial charge in [-0.2, -0.15) is 5.10 Å². The number of amides is 1. The molecular weight excluding hydrogens is 166 g/mol. The zero-order chi connectivity index (χ0) is 9.84. The highest BCUT2D eigenvalue weighted by atomic mass is 16.1. The van der Waals surface area contributed by atoms with E-state index in [2.05, 4.69) is 17.3 Å². The lowest BCUT2D eigenvalue weighted by Crippen LogP contribution is -2.20. The Morgan fingerprint density at radius 3 is 2.92 bits per heavy atom. The third kappa shape index (κ3) is 2.08. The predicted octanol–water partition coefficient (Wildman–Crippen LogP) is 0.732. The summed E-state index contributed by atoms with van der Waals surface area (Å²) >= 11 is 0. The van der Waals surface area contributed by atoms with Crippen molar-refractivity contribution in [3.63, 3.8) is 0 Å². The van der Waals surface area contributed by atoms with Gasteiger partial charge in [-0.3, -0.25) is 9.48 Å². The Bertz CT molecular complexity index is 304. The quantitative estimate of drug-likeness (QED) is 0.747. The Labute approximate surface area is 77.9 Å². The van der Waals surface area contributed by atoms with Crippen molar-refractivity contribution in [3.05, 3.63) is 17.5 Å². The summed E-state index contributed by atoms with van der Waals surface area (Å²) < 4.78 is 1.61. The van der Waals surface area contributed by atoms with Gasteiger partial charge < -0.3 is 5.32 Å². The van der Waals surface area contributed by atoms with E-state index >= 15 is 0 Å². The van der Waals surface area contributed by atoms with Gasteiger partial charge >= 0.3 is 0 Å². The van der Waals surface area contributed by atoms with Crippen molar-refractivity contribution in [1.82, 2.24) is 15.1 Å². The van der Waals surface area contributed by atoms with Crippen molar-refractivity contribution < 1.29 is 4.79 Å². The number of nitrogens with zero attached hydrogens (tertiary/aromatic N) is 2. The fraction of sp³-hybridized carbons (Fsp3) is 0.556. The molecule has 0 fully saturated rings. The molecule has 0 bridgehead atoms. The molecule has 0 radical (unpaired) electrons. The van der Waals surface area contributed by atoms with Crippen LogP contribution in [0.2, 0.25) is 0 Å². The maximum atomic E-state index is 11.3. The largest absolute Gasteiger partial charge is 0.354 e. The Hall–Kier alpha value is -1.32. The lowest BCUT2D eigenvalue weighted by molar-refractivity contribution is 0.0954. The van der Waals surface area contributed by atoms with E-state index in [0.29, 0.717) is 5.69 Å². The minimum absolute atomic E-state index is 0.0858. The molecule has 13 heavy (non-hydrogen) atoms. The minimum Gasteiger partial charge on any atom is -0.354 e. The molecule has 0 aromatic carbocycles. The summed E-state index contributed by atoms with van der Waals surface area (Å²) in [5, 5.41) is 6.80. The van der Waals surface area contributed by atoms with Crippen LogP contribution in [0.5, 0.6) is 0 Å². The third-order valence-electron chi connectivity index (χ3n) is 1.90. The number of carbonyl (C=O) groups excluding carboxylic acids is 1. The first-order valence-corrected chi connectivity index (χ1v) is 4.44. The van der Waals surface area contributed by atoms with Crippen molar-refractivity contribution in [3.8, 4) is 0 Å². The second-order valence-corrected chi connectivity index (χ2v) is 2.97. The Kier molecular flexibility index (Phi) is 3.06. The first-order chi connectivity index (χ1) is 6.19. The lowest BCUT2D eigenvalue weighted by atomic mass is 10.2. The Morgan fingerprint density at radius 2 is 2.38 bits per heavy atom. The molecule has 72 valence electrons. The van der Waals surface area contributed by atoms with Gasteiger partial charge in [-0.25, -0.2) is 0 Å². The zero-order valence-electron chi connectivity index (χ0n) is 8.29. The number of hydrogen-bond acceptors (Lipinski definition) is 2. The standard InChI is InChI=1S/C9H15N3O/c1-4-5-7-6-8(9(13)10-2)12(3)11-7/h6H,4-5H2,1-3H3,(H,10,13). The van der Waals surface area contributed by atoms with Crippen molar-refractivity contribution in [2.24, 2.45) is 7.05 Å². The number of nitrogens with one attached hydrogen (secondary N) is 1. The second kappa shape index (κ2) is 4.07. The van der Waals surface area contributed by atoms with Gasteiger partial charge in [0.2, 0.25) is 0 Å². The third-order valence-corrected chi connectivity index (χ3v) is 1.90. The van der Waals surface area contributed by atoms with E-state index in [1.165, 1.54) is 0 Å². The fourth-order valence-corrected chi connectivity index (χ4v) is 1.25. The van der Waals surface area contributed by atoms with E-state index in [1.54, 1.807) is 18.8 Å². The average Bonchev–Trinajstić information content (AvgIpc) is 2.46. The van der Waals surface area contributed by atoms with Crippen LogP contribution in [0.4, 0.5) is 0 Å². The van der Waals surface area contributed by atoms with E-state index in [4.69, 9.17) is 0 Å². The van der Waals surface area contributed by atoms with E-state index in [-0.39, 0.29) is 5.91 Å². The van der Waals surface area contributed by atoms with Crippen LogP contribution in [-0.2, 0) is 13.5 Å². The first kappa shape index (κ1) is 9.77.